The molecule has 2 aromatic rings. The number of hydrogen-bond acceptors (Lipinski definition) is 4. The van der Waals surface area contributed by atoms with Gasteiger partial charge in [-0.1, -0.05) is 0 Å². The molecule has 3 rings (SSSR count). The lowest BCUT2D eigenvalue weighted by Crippen LogP contribution is -2.34. The lowest BCUT2D eigenvalue weighted by Gasteiger charge is -2.20. The molecule has 1 aliphatic heterocycles. The average Bonchev–Trinajstić information content (AvgIpc) is 2.89. The minimum atomic E-state index is -0.428. The van der Waals surface area contributed by atoms with Gasteiger partial charge in [-0.3, -0.25) is 9.78 Å². The Labute approximate surface area is 154 Å². The van der Waals surface area contributed by atoms with E-state index in [9.17, 15) is 13.6 Å². The minimum Gasteiger partial charge on any atom is -0.341 e. The van der Waals surface area contributed by atoms with Gasteiger partial charge in [0, 0.05) is 46.9 Å². The summed E-state index contributed by atoms with van der Waals surface area (Å²) < 4.78 is 27.4. The van der Waals surface area contributed by atoms with Crippen LogP contribution >= 0.6 is 23.5 Å². The van der Waals surface area contributed by atoms with E-state index < -0.39 is 5.82 Å². The fraction of sp³-hybridized carbons (Fsp3) is 0.333. The molecule has 1 fully saturated rings. The van der Waals surface area contributed by atoms with Crippen molar-refractivity contribution in [3.8, 4) is 0 Å². The highest BCUT2D eigenvalue weighted by molar-refractivity contribution is 8.00. The molecule has 0 unspecified atom stereocenters. The summed E-state index contributed by atoms with van der Waals surface area (Å²) in [6.07, 6.45) is 4.03. The summed E-state index contributed by atoms with van der Waals surface area (Å²) in [5.41, 5.74) is 0.394. The van der Waals surface area contributed by atoms with Crippen LogP contribution in [-0.4, -0.2) is 40.4 Å². The van der Waals surface area contributed by atoms with Gasteiger partial charge in [-0.15, -0.1) is 11.8 Å². The molecule has 0 saturated carbocycles. The molecule has 1 atom stereocenters. The topological polar surface area (TPSA) is 33.2 Å². The van der Waals surface area contributed by atoms with Gasteiger partial charge < -0.3 is 4.90 Å². The first-order valence-electron chi connectivity index (χ1n) is 8.00. The van der Waals surface area contributed by atoms with Crippen LogP contribution in [0.3, 0.4) is 0 Å². The number of pyridine rings is 1. The highest BCUT2D eigenvalue weighted by atomic mass is 32.2. The maximum atomic E-state index is 14.0. The summed E-state index contributed by atoms with van der Waals surface area (Å²) in [4.78, 5) is 19.2. The molecule has 132 valence electrons. The standard InChI is InChI=1S/C18H18F2N2OS2/c19-13-1-2-16(20)15(11-13)17-5-8-22(9-10-24-17)18(23)12-25-14-3-6-21-7-4-14/h1-4,6-7,11,17H,5,8-10,12H2/t17-/m1/s1. The number of halogens is 2. The van der Waals surface area contributed by atoms with Crippen LogP contribution in [0.4, 0.5) is 8.78 Å². The van der Waals surface area contributed by atoms with Crippen LogP contribution < -0.4 is 0 Å². The lowest BCUT2D eigenvalue weighted by atomic mass is 10.1. The first kappa shape index (κ1) is 18.2. The van der Waals surface area contributed by atoms with E-state index in [1.54, 1.807) is 24.2 Å². The molecule has 1 saturated heterocycles. The molecule has 1 aliphatic rings. The van der Waals surface area contributed by atoms with E-state index in [1.165, 1.54) is 23.9 Å². The molecule has 1 aromatic carbocycles. The summed E-state index contributed by atoms with van der Waals surface area (Å²) in [6.45, 7) is 1.19. The van der Waals surface area contributed by atoms with Crippen molar-refractivity contribution in [2.45, 2.75) is 16.6 Å². The second kappa shape index (κ2) is 8.67. The van der Waals surface area contributed by atoms with Crippen molar-refractivity contribution in [2.75, 3.05) is 24.6 Å². The predicted octanol–water partition coefficient (Wildman–Crippen LogP) is 4.16. The number of thioether (sulfide) groups is 2. The number of nitrogens with zero attached hydrogens (tertiary/aromatic N) is 2. The van der Waals surface area contributed by atoms with Gasteiger partial charge >= 0.3 is 0 Å². The van der Waals surface area contributed by atoms with Crippen molar-refractivity contribution in [3.05, 3.63) is 59.9 Å². The number of aromatic nitrogens is 1. The van der Waals surface area contributed by atoms with Crippen LogP contribution in [0.5, 0.6) is 0 Å². The summed E-state index contributed by atoms with van der Waals surface area (Å²) in [6, 6.07) is 7.32. The quantitative estimate of drug-likeness (QED) is 0.746. The SMILES string of the molecule is O=C(CSc1ccncc1)N1CCS[C@@H](c2cc(F)ccc2F)CC1. The summed E-state index contributed by atoms with van der Waals surface area (Å²) in [5, 5.41) is -0.124. The van der Waals surface area contributed by atoms with Gasteiger partial charge in [-0.05, 0) is 36.8 Å². The number of benzene rings is 1. The Morgan fingerprint density at radius 3 is 2.84 bits per heavy atom. The Hall–Kier alpha value is -1.60. The molecular weight excluding hydrogens is 362 g/mol. The summed E-state index contributed by atoms with van der Waals surface area (Å²) in [7, 11) is 0. The predicted molar refractivity (Wildman–Crippen MR) is 97.7 cm³/mol. The van der Waals surface area contributed by atoms with Gasteiger partial charge in [-0.2, -0.15) is 11.8 Å². The zero-order chi connectivity index (χ0) is 17.6. The molecule has 1 amide bonds. The Morgan fingerprint density at radius 1 is 1.24 bits per heavy atom. The van der Waals surface area contributed by atoms with Crippen molar-refractivity contribution in [3.63, 3.8) is 0 Å². The van der Waals surface area contributed by atoms with Gasteiger partial charge in [-0.25, -0.2) is 8.78 Å². The monoisotopic (exact) mass is 380 g/mol. The molecule has 7 heteroatoms. The Kier molecular flexibility index (Phi) is 6.31. The maximum absolute atomic E-state index is 14.0. The zero-order valence-electron chi connectivity index (χ0n) is 13.5. The molecule has 25 heavy (non-hydrogen) atoms. The molecule has 0 radical (unpaired) electrons. The third-order valence-electron chi connectivity index (χ3n) is 4.01. The largest absolute Gasteiger partial charge is 0.341 e. The minimum absolute atomic E-state index is 0.0720. The zero-order valence-corrected chi connectivity index (χ0v) is 15.2. The van der Waals surface area contributed by atoms with Gasteiger partial charge in [0.15, 0.2) is 0 Å². The smallest absolute Gasteiger partial charge is 0.232 e. The van der Waals surface area contributed by atoms with E-state index in [-0.39, 0.29) is 17.0 Å². The molecule has 1 aromatic heterocycles. The molecule has 0 N–H and O–H groups in total. The highest BCUT2D eigenvalue weighted by Crippen LogP contribution is 2.36. The first-order chi connectivity index (χ1) is 12.1. The third-order valence-corrected chi connectivity index (χ3v) is 6.32. The molecule has 0 aliphatic carbocycles. The second-order valence-electron chi connectivity index (χ2n) is 5.67. The van der Waals surface area contributed by atoms with E-state index in [0.29, 0.717) is 36.6 Å². The molecule has 0 bridgehead atoms. The van der Waals surface area contributed by atoms with Gasteiger partial charge in [0.25, 0.3) is 0 Å². The second-order valence-corrected chi connectivity index (χ2v) is 8.03. The van der Waals surface area contributed by atoms with Crippen molar-refractivity contribution >= 4 is 29.4 Å². The van der Waals surface area contributed by atoms with Crippen LogP contribution in [-0.2, 0) is 4.79 Å². The Morgan fingerprint density at radius 2 is 2.04 bits per heavy atom. The number of rotatable bonds is 4. The van der Waals surface area contributed by atoms with E-state index in [0.717, 1.165) is 11.0 Å². The Bertz CT molecular complexity index is 730. The van der Waals surface area contributed by atoms with Crippen molar-refractivity contribution in [1.29, 1.82) is 0 Å². The average molecular weight is 380 g/mol. The van der Waals surface area contributed by atoms with Crippen LogP contribution in [0.1, 0.15) is 17.2 Å². The fourth-order valence-corrected chi connectivity index (χ4v) is 4.73. The van der Waals surface area contributed by atoms with Crippen LogP contribution in [0.15, 0.2) is 47.6 Å². The van der Waals surface area contributed by atoms with E-state index in [2.05, 4.69) is 4.98 Å². The van der Waals surface area contributed by atoms with E-state index in [4.69, 9.17) is 0 Å². The number of carbonyl (C=O) groups excluding carboxylic acids is 1. The summed E-state index contributed by atoms with van der Waals surface area (Å²) >= 11 is 3.06. The third kappa shape index (κ3) is 4.95. The number of amides is 1. The van der Waals surface area contributed by atoms with Crippen LogP contribution in [0, 0.1) is 11.6 Å². The number of carbonyl (C=O) groups is 1. The molecular formula is C18H18F2N2OS2. The van der Waals surface area contributed by atoms with Crippen molar-refractivity contribution < 1.29 is 13.6 Å². The highest BCUT2D eigenvalue weighted by Gasteiger charge is 2.24. The molecule has 3 nitrogen and oxygen atoms in total. The molecule has 2 heterocycles. The lowest BCUT2D eigenvalue weighted by molar-refractivity contribution is -0.128. The number of hydrogen-bond donors (Lipinski definition) is 0. The Balaban J connectivity index is 1.57. The molecule has 0 spiro atoms. The first-order valence-corrected chi connectivity index (χ1v) is 10.0. The van der Waals surface area contributed by atoms with Gasteiger partial charge in [0.2, 0.25) is 5.91 Å². The van der Waals surface area contributed by atoms with Crippen molar-refractivity contribution in [1.82, 2.24) is 9.88 Å². The van der Waals surface area contributed by atoms with E-state index in [1.807, 2.05) is 17.0 Å². The fourth-order valence-electron chi connectivity index (χ4n) is 2.70. The van der Waals surface area contributed by atoms with Crippen molar-refractivity contribution in [2.24, 2.45) is 0 Å². The van der Waals surface area contributed by atoms with Crippen LogP contribution in [0.25, 0.3) is 0 Å². The summed E-state index contributed by atoms with van der Waals surface area (Å²) in [5.74, 6) is 0.345. The van der Waals surface area contributed by atoms with Crippen LogP contribution in [0.2, 0.25) is 0 Å². The van der Waals surface area contributed by atoms with Gasteiger partial charge in [0.05, 0.1) is 5.75 Å². The van der Waals surface area contributed by atoms with Gasteiger partial charge in [0.1, 0.15) is 11.6 Å². The normalized spacial score (nSPS) is 18.0. The van der Waals surface area contributed by atoms with E-state index >= 15 is 0 Å². The maximum Gasteiger partial charge on any atom is 0.232 e.